The molecule has 1 aromatic rings. The molecule has 21 heavy (non-hydrogen) atoms. The maximum Gasteiger partial charge on any atom is 0.328 e. The zero-order valence-electron chi connectivity index (χ0n) is 12.3. The number of methoxy groups -OCH3 is 1. The summed E-state index contributed by atoms with van der Waals surface area (Å²) >= 11 is 0. The molecule has 0 heterocycles. The van der Waals surface area contributed by atoms with E-state index in [0.717, 1.165) is 0 Å². The summed E-state index contributed by atoms with van der Waals surface area (Å²) in [6.45, 7) is 3.93. The zero-order valence-corrected chi connectivity index (χ0v) is 13.1. The van der Waals surface area contributed by atoms with Crippen molar-refractivity contribution in [2.45, 2.75) is 31.2 Å². The van der Waals surface area contributed by atoms with E-state index in [1.807, 2.05) is 13.8 Å². The number of primary sulfonamides is 1. The lowest BCUT2D eigenvalue weighted by atomic mass is 10.0. The first-order valence-electron chi connectivity index (χ1n) is 6.41. The number of nitrogens with two attached hydrogens (primary N) is 2. The largest absolute Gasteiger partial charge is 0.467 e. The van der Waals surface area contributed by atoms with Gasteiger partial charge >= 0.3 is 5.97 Å². The highest BCUT2D eigenvalue weighted by atomic mass is 32.2. The van der Waals surface area contributed by atoms with Crippen LogP contribution in [0.25, 0.3) is 0 Å². The molecular formula is C13H21N3O4S. The van der Waals surface area contributed by atoms with Crippen molar-refractivity contribution in [1.82, 2.24) is 0 Å². The number of carbonyl (C=O) groups excluding carboxylic acids is 1. The molecule has 0 fully saturated rings. The van der Waals surface area contributed by atoms with Crippen LogP contribution in [0.15, 0.2) is 23.1 Å². The smallest absolute Gasteiger partial charge is 0.328 e. The van der Waals surface area contributed by atoms with Crippen LogP contribution in [-0.2, 0) is 19.6 Å². The minimum absolute atomic E-state index is 0.113. The van der Waals surface area contributed by atoms with Gasteiger partial charge in [0.25, 0.3) is 0 Å². The topological polar surface area (TPSA) is 125 Å². The monoisotopic (exact) mass is 315 g/mol. The number of nitrogen functional groups attached to an aromatic ring is 1. The first-order valence-corrected chi connectivity index (χ1v) is 7.96. The van der Waals surface area contributed by atoms with Gasteiger partial charge in [-0.3, -0.25) is 0 Å². The first kappa shape index (κ1) is 17.3. The van der Waals surface area contributed by atoms with Gasteiger partial charge in [-0.1, -0.05) is 13.8 Å². The van der Waals surface area contributed by atoms with Gasteiger partial charge in [0, 0.05) is 11.4 Å². The van der Waals surface area contributed by atoms with Crippen LogP contribution in [-0.4, -0.2) is 27.5 Å². The van der Waals surface area contributed by atoms with Gasteiger partial charge in [0.05, 0.1) is 12.0 Å². The molecule has 0 aromatic heterocycles. The Bertz CT molecular complexity index is 614. The molecule has 0 radical (unpaired) electrons. The number of rotatable bonds is 6. The highest BCUT2D eigenvalue weighted by Crippen LogP contribution is 2.21. The fourth-order valence-corrected chi connectivity index (χ4v) is 2.49. The summed E-state index contributed by atoms with van der Waals surface area (Å²) in [5, 5.41) is 8.03. The predicted molar refractivity (Wildman–Crippen MR) is 81.1 cm³/mol. The van der Waals surface area contributed by atoms with Crippen molar-refractivity contribution in [2.75, 3.05) is 18.2 Å². The van der Waals surface area contributed by atoms with E-state index in [1.165, 1.54) is 25.3 Å². The summed E-state index contributed by atoms with van der Waals surface area (Å²) in [4.78, 5) is 11.6. The van der Waals surface area contributed by atoms with Gasteiger partial charge in [-0.2, -0.15) is 0 Å². The Kier molecular flexibility index (Phi) is 5.56. The Morgan fingerprint density at radius 2 is 1.95 bits per heavy atom. The number of carbonyl (C=O) groups is 1. The first-order chi connectivity index (χ1) is 9.63. The molecule has 8 heteroatoms. The average Bonchev–Trinajstić information content (AvgIpc) is 2.34. The van der Waals surface area contributed by atoms with Crippen molar-refractivity contribution in [1.29, 1.82) is 0 Å². The SMILES string of the molecule is COC(=O)C(CC(C)C)Nc1cc(N)cc(S(N)(=O)=O)c1. The fourth-order valence-electron chi connectivity index (χ4n) is 1.90. The van der Waals surface area contributed by atoms with Crippen LogP contribution in [0.5, 0.6) is 0 Å². The number of anilines is 2. The van der Waals surface area contributed by atoms with E-state index < -0.39 is 22.0 Å². The number of esters is 1. The standard InChI is InChI=1S/C13H21N3O4S/c1-8(2)4-12(13(17)20-3)16-10-5-9(14)6-11(7-10)21(15,18)19/h5-8,12,16H,4,14H2,1-3H3,(H2,15,18,19). The third kappa shape index (κ3) is 5.24. The highest BCUT2D eigenvalue weighted by Gasteiger charge is 2.21. The van der Waals surface area contributed by atoms with Gasteiger partial charge in [-0.25, -0.2) is 18.4 Å². The molecular weight excluding hydrogens is 294 g/mol. The zero-order chi connectivity index (χ0) is 16.2. The molecule has 0 bridgehead atoms. The molecule has 0 aliphatic carbocycles. The predicted octanol–water partition coefficient (Wildman–Crippen LogP) is 0.916. The third-order valence-corrected chi connectivity index (χ3v) is 3.68. The van der Waals surface area contributed by atoms with Crippen LogP contribution < -0.4 is 16.2 Å². The molecule has 7 nitrogen and oxygen atoms in total. The second-order valence-corrected chi connectivity index (χ2v) is 6.75. The van der Waals surface area contributed by atoms with Crippen LogP contribution in [0.1, 0.15) is 20.3 Å². The van der Waals surface area contributed by atoms with Crippen molar-refractivity contribution in [3.05, 3.63) is 18.2 Å². The van der Waals surface area contributed by atoms with E-state index in [1.54, 1.807) is 0 Å². The molecule has 0 aliphatic heterocycles. The van der Waals surface area contributed by atoms with Gasteiger partial charge in [-0.15, -0.1) is 0 Å². The average molecular weight is 315 g/mol. The molecule has 1 unspecified atom stereocenters. The van der Waals surface area contributed by atoms with Gasteiger partial charge < -0.3 is 15.8 Å². The van der Waals surface area contributed by atoms with Crippen molar-refractivity contribution in [3.63, 3.8) is 0 Å². The summed E-state index contributed by atoms with van der Waals surface area (Å²) in [6.07, 6.45) is 0.534. The van der Waals surface area contributed by atoms with E-state index in [0.29, 0.717) is 12.1 Å². The quantitative estimate of drug-likeness (QED) is 0.529. The van der Waals surface area contributed by atoms with Gasteiger partial charge in [0.15, 0.2) is 0 Å². The number of nitrogens with one attached hydrogen (secondary N) is 1. The molecule has 5 N–H and O–H groups in total. The van der Waals surface area contributed by atoms with Crippen molar-refractivity contribution >= 4 is 27.4 Å². The molecule has 1 atom stereocenters. The molecule has 0 saturated carbocycles. The lowest BCUT2D eigenvalue weighted by Gasteiger charge is -2.20. The molecule has 0 saturated heterocycles. The van der Waals surface area contributed by atoms with E-state index >= 15 is 0 Å². The van der Waals surface area contributed by atoms with E-state index in [9.17, 15) is 13.2 Å². The molecule has 1 aromatic carbocycles. The number of ether oxygens (including phenoxy) is 1. The van der Waals surface area contributed by atoms with Crippen LogP contribution in [0.3, 0.4) is 0 Å². The molecule has 118 valence electrons. The maximum absolute atomic E-state index is 11.8. The maximum atomic E-state index is 11.8. The van der Waals surface area contributed by atoms with E-state index in [-0.39, 0.29) is 16.5 Å². The van der Waals surface area contributed by atoms with Crippen LogP contribution in [0.2, 0.25) is 0 Å². The lowest BCUT2D eigenvalue weighted by Crippen LogP contribution is -2.32. The normalized spacial score (nSPS) is 13.0. The fraction of sp³-hybridized carbons (Fsp3) is 0.462. The van der Waals surface area contributed by atoms with Gasteiger partial charge in [0.1, 0.15) is 6.04 Å². The van der Waals surface area contributed by atoms with E-state index in [2.05, 4.69) is 5.32 Å². The minimum atomic E-state index is -3.87. The molecule has 0 amide bonds. The summed E-state index contributed by atoms with van der Waals surface area (Å²) in [5.74, 6) is -0.177. The van der Waals surface area contributed by atoms with Crippen LogP contribution in [0, 0.1) is 5.92 Å². The van der Waals surface area contributed by atoms with Gasteiger partial charge in [0.2, 0.25) is 10.0 Å². The summed E-state index contributed by atoms with van der Waals surface area (Å²) in [6, 6.07) is 3.54. The summed E-state index contributed by atoms with van der Waals surface area (Å²) in [7, 11) is -2.57. The Morgan fingerprint density at radius 1 is 1.33 bits per heavy atom. The molecule has 0 aliphatic rings. The minimum Gasteiger partial charge on any atom is -0.467 e. The molecule has 1 rings (SSSR count). The summed E-state index contributed by atoms with van der Waals surface area (Å²) in [5.41, 5.74) is 6.30. The Hall–Kier alpha value is -1.80. The second-order valence-electron chi connectivity index (χ2n) is 5.19. The van der Waals surface area contributed by atoms with Crippen molar-refractivity contribution in [2.24, 2.45) is 11.1 Å². The number of hydrogen-bond donors (Lipinski definition) is 3. The Labute approximate surface area is 124 Å². The van der Waals surface area contributed by atoms with Gasteiger partial charge in [-0.05, 0) is 30.5 Å². The highest BCUT2D eigenvalue weighted by molar-refractivity contribution is 7.89. The lowest BCUT2D eigenvalue weighted by molar-refractivity contribution is -0.141. The van der Waals surface area contributed by atoms with Crippen LogP contribution in [0.4, 0.5) is 11.4 Å². The third-order valence-electron chi connectivity index (χ3n) is 2.79. The second kappa shape index (κ2) is 6.77. The number of benzene rings is 1. The molecule has 0 spiro atoms. The number of hydrogen-bond acceptors (Lipinski definition) is 6. The van der Waals surface area contributed by atoms with Crippen molar-refractivity contribution in [3.8, 4) is 0 Å². The van der Waals surface area contributed by atoms with E-state index in [4.69, 9.17) is 15.6 Å². The Morgan fingerprint density at radius 3 is 2.43 bits per heavy atom. The van der Waals surface area contributed by atoms with Crippen molar-refractivity contribution < 1.29 is 17.9 Å². The number of sulfonamides is 1. The Balaban J connectivity index is 3.09. The summed E-state index contributed by atoms with van der Waals surface area (Å²) < 4.78 is 27.5. The van der Waals surface area contributed by atoms with Crippen LogP contribution >= 0.6 is 0 Å².